The average Bonchev–Trinajstić information content (AvgIpc) is 2.48. The van der Waals surface area contributed by atoms with Crippen molar-refractivity contribution in [1.29, 1.82) is 0 Å². The van der Waals surface area contributed by atoms with Crippen LogP contribution in [0.25, 0.3) is 0 Å². The van der Waals surface area contributed by atoms with Gasteiger partial charge < -0.3 is 5.11 Å². The number of fused-ring (bicyclic) bond motifs is 1. The Bertz CT molecular complexity index is 242. The van der Waals surface area contributed by atoms with Crippen molar-refractivity contribution in [3.8, 4) is 0 Å². The summed E-state index contributed by atoms with van der Waals surface area (Å²) in [5.41, 5.74) is 1.47. The number of carbonyl (C=O) groups is 1. The zero-order valence-corrected chi connectivity index (χ0v) is 7.83. The molecule has 2 heteroatoms. The van der Waals surface area contributed by atoms with E-state index in [1.165, 1.54) is 31.3 Å². The number of carboxylic acid groups (broad SMARTS) is 1. The number of carboxylic acids is 1. The third-order valence-corrected chi connectivity index (χ3v) is 3.36. The van der Waals surface area contributed by atoms with Crippen LogP contribution < -0.4 is 0 Å². The summed E-state index contributed by atoms with van der Waals surface area (Å²) in [6.07, 6.45) is 8.74. The Labute approximate surface area is 78.6 Å². The van der Waals surface area contributed by atoms with Crippen molar-refractivity contribution >= 4 is 5.97 Å². The molecular weight excluding hydrogens is 164 g/mol. The smallest absolute Gasteiger partial charge is 0.303 e. The first kappa shape index (κ1) is 8.79. The quantitative estimate of drug-likeness (QED) is 0.663. The lowest BCUT2D eigenvalue weighted by Crippen LogP contribution is -2.10. The zero-order valence-electron chi connectivity index (χ0n) is 7.83. The molecule has 0 aliphatic heterocycles. The summed E-state index contributed by atoms with van der Waals surface area (Å²) in [7, 11) is 0. The predicted molar refractivity (Wildman–Crippen MR) is 50.4 cm³/mol. The van der Waals surface area contributed by atoms with Crippen LogP contribution in [0.2, 0.25) is 0 Å². The Morgan fingerprint density at radius 2 is 2.31 bits per heavy atom. The Balaban J connectivity index is 2.06. The first-order valence-corrected chi connectivity index (χ1v) is 5.19. The predicted octanol–water partition coefficient (Wildman–Crippen LogP) is 2.60. The van der Waals surface area contributed by atoms with Crippen molar-refractivity contribution in [1.82, 2.24) is 0 Å². The van der Waals surface area contributed by atoms with Crippen LogP contribution in [-0.4, -0.2) is 11.1 Å². The van der Waals surface area contributed by atoms with E-state index in [2.05, 4.69) is 6.08 Å². The molecule has 0 bridgehead atoms. The molecule has 1 N–H and O–H groups in total. The highest BCUT2D eigenvalue weighted by molar-refractivity contribution is 5.67. The highest BCUT2D eigenvalue weighted by atomic mass is 16.4. The summed E-state index contributed by atoms with van der Waals surface area (Å²) in [5.74, 6) is 0.457. The summed E-state index contributed by atoms with van der Waals surface area (Å²) in [4.78, 5) is 10.6. The lowest BCUT2D eigenvalue weighted by molar-refractivity contribution is -0.137. The summed E-state index contributed by atoms with van der Waals surface area (Å²) >= 11 is 0. The van der Waals surface area contributed by atoms with Crippen molar-refractivity contribution in [2.75, 3.05) is 0 Å². The SMILES string of the molecule is O=C(O)C[C@@H]1CC[C@H]2CCCC=C21. The molecule has 1 saturated carbocycles. The number of hydrogen-bond donors (Lipinski definition) is 1. The lowest BCUT2D eigenvalue weighted by Gasteiger charge is -2.19. The summed E-state index contributed by atoms with van der Waals surface area (Å²) in [6, 6.07) is 0. The lowest BCUT2D eigenvalue weighted by atomic mass is 9.86. The zero-order chi connectivity index (χ0) is 9.26. The topological polar surface area (TPSA) is 37.3 Å². The van der Waals surface area contributed by atoms with E-state index in [9.17, 15) is 4.79 Å². The maximum atomic E-state index is 10.6. The molecule has 0 aromatic heterocycles. The van der Waals surface area contributed by atoms with Gasteiger partial charge in [0.25, 0.3) is 0 Å². The van der Waals surface area contributed by atoms with Crippen LogP contribution in [0.5, 0.6) is 0 Å². The fourth-order valence-electron chi connectivity index (χ4n) is 2.78. The minimum absolute atomic E-state index is 0.350. The maximum absolute atomic E-state index is 10.6. The highest BCUT2D eigenvalue weighted by Crippen LogP contribution is 2.43. The van der Waals surface area contributed by atoms with E-state index in [1.807, 2.05) is 0 Å². The molecule has 2 aliphatic rings. The highest BCUT2D eigenvalue weighted by Gasteiger charge is 2.32. The minimum atomic E-state index is -0.642. The van der Waals surface area contributed by atoms with E-state index in [0.717, 1.165) is 12.3 Å². The number of rotatable bonds is 2. The van der Waals surface area contributed by atoms with Crippen molar-refractivity contribution in [3.63, 3.8) is 0 Å². The van der Waals surface area contributed by atoms with E-state index in [4.69, 9.17) is 5.11 Å². The molecule has 0 radical (unpaired) electrons. The summed E-state index contributed by atoms with van der Waals surface area (Å²) in [6.45, 7) is 0. The van der Waals surface area contributed by atoms with E-state index < -0.39 is 5.97 Å². The molecular formula is C11H16O2. The van der Waals surface area contributed by atoms with Gasteiger partial charge in [0.1, 0.15) is 0 Å². The molecule has 0 aromatic rings. The van der Waals surface area contributed by atoms with E-state index in [-0.39, 0.29) is 0 Å². The van der Waals surface area contributed by atoms with E-state index in [1.54, 1.807) is 0 Å². The molecule has 0 spiro atoms. The van der Waals surface area contributed by atoms with Gasteiger partial charge >= 0.3 is 5.97 Å². The van der Waals surface area contributed by atoms with Gasteiger partial charge in [-0.05, 0) is 43.9 Å². The third-order valence-electron chi connectivity index (χ3n) is 3.36. The number of allylic oxidation sites excluding steroid dienone is 2. The van der Waals surface area contributed by atoms with Crippen LogP contribution in [0.1, 0.15) is 38.5 Å². The fourth-order valence-corrected chi connectivity index (χ4v) is 2.78. The van der Waals surface area contributed by atoms with Gasteiger partial charge in [-0.3, -0.25) is 4.79 Å². The van der Waals surface area contributed by atoms with Crippen LogP contribution in [0, 0.1) is 11.8 Å². The van der Waals surface area contributed by atoms with Gasteiger partial charge in [0.05, 0.1) is 6.42 Å². The fraction of sp³-hybridized carbons (Fsp3) is 0.727. The molecule has 0 amide bonds. The van der Waals surface area contributed by atoms with E-state index in [0.29, 0.717) is 12.3 Å². The van der Waals surface area contributed by atoms with Gasteiger partial charge in [-0.15, -0.1) is 0 Å². The van der Waals surface area contributed by atoms with Crippen molar-refractivity contribution in [2.45, 2.75) is 38.5 Å². The van der Waals surface area contributed by atoms with Crippen LogP contribution in [0.15, 0.2) is 11.6 Å². The minimum Gasteiger partial charge on any atom is -0.481 e. The second kappa shape index (κ2) is 3.52. The second-order valence-corrected chi connectivity index (χ2v) is 4.20. The maximum Gasteiger partial charge on any atom is 0.303 e. The first-order chi connectivity index (χ1) is 6.27. The normalized spacial score (nSPS) is 32.5. The van der Waals surface area contributed by atoms with Crippen molar-refractivity contribution < 1.29 is 9.90 Å². The Morgan fingerprint density at radius 1 is 1.46 bits per heavy atom. The Kier molecular flexibility index (Phi) is 2.38. The van der Waals surface area contributed by atoms with Crippen molar-refractivity contribution in [3.05, 3.63) is 11.6 Å². The Morgan fingerprint density at radius 3 is 3.08 bits per heavy atom. The van der Waals surface area contributed by atoms with Crippen LogP contribution in [0.4, 0.5) is 0 Å². The summed E-state index contributed by atoms with van der Waals surface area (Å²) < 4.78 is 0. The summed E-state index contributed by atoms with van der Waals surface area (Å²) in [5, 5.41) is 8.74. The first-order valence-electron chi connectivity index (χ1n) is 5.19. The molecule has 2 atom stereocenters. The molecule has 2 nitrogen and oxygen atoms in total. The Hall–Kier alpha value is -0.790. The van der Waals surface area contributed by atoms with Gasteiger partial charge in [0.2, 0.25) is 0 Å². The molecule has 0 heterocycles. The van der Waals surface area contributed by atoms with E-state index >= 15 is 0 Å². The molecule has 0 saturated heterocycles. The van der Waals surface area contributed by atoms with Crippen LogP contribution in [-0.2, 0) is 4.79 Å². The standard InChI is InChI=1S/C11H16O2/c12-11(13)7-9-6-5-8-3-1-2-4-10(8)9/h4,8-9H,1-3,5-7H2,(H,12,13)/t8-,9+/m1/s1. The molecule has 13 heavy (non-hydrogen) atoms. The molecule has 1 fully saturated rings. The largest absolute Gasteiger partial charge is 0.481 e. The van der Waals surface area contributed by atoms with Gasteiger partial charge in [0, 0.05) is 0 Å². The van der Waals surface area contributed by atoms with Gasteiger partial charge in [-0.25, -0.2) is 0 Å². The second-order valence-electron chi connectivity index (χ2n) is 4.20. The van der Waals surface area contributed by atoms with Crippen molar-refractivity contribution in [2.24, 2.45) is 11.8 Å². The molecule has 2 aliphatic carbocycles. The number of aliphatic carboxylic acids is 1. The third kappa shape index (κ3) is 1.77. The molecule has 2 rings (SSSR count). The molecule has 0 aromatic carbocycles. The molecule has 0 unspecified atom stereocenters. The van der Waals surface area contributed by atoms with Crippen LogP contribution >= 0.6 is 0 Å². The van der Waals surface area contributed by atoms with Gasteiger partial charge in [-0.1, -0.05) is 11.6 Å². The van der Waals surface area contributed by atoms with Crippen LogP contribution in [0.3, 0.4) is 0 Å². The average molecular weight is 180 g/mol. The monoisotopic (exact) mass is 180 g/mol. The number of hydrogen-bond acceptors (Lipinski definition) is 1. The van der Waals surface area contributed by atoms with Gasteiger partial charge in [0.15, 0.2) is 0 Å². The molecule has 72 valence electrons. The van der Waals surface area contributed by atoms with Gasteiger partial charge in [-0.2, -0.15) is 0 Å².